The molecule has 1 fully saturated rings. The highest BCUT2D eigenvalue weighted by atomic mass is 15.3. The monoisotopic (exact) mass is 256 g/mol. The maximum Gasteiger partial charge on any atom is 0.153 e. The van der Waals surface area contributed by atoms with Crippen LogP contribution in [0.1, 0.15) is 12.0 Å². The number of aromatic amines is 1. The van der Waals surface area contributed by atoms with E-state index in [1.54, 1.807) is 0 Å². The second-order valence-corrected chi connectivity index (χ2v) is 5.00. The lowest BCUT2D eigenvalue weighted by Crippen LogP contribution is -2.28. The maximum atomic E-state index is 4.53. The van der Waals surface area contributed by atoms with Gasteiger partial charge in [-0.25, -0.2) is 0 Å². The molecule has 100 valence electrons. The second-order valence-electron chi connectivity index (χ2n) is 5.00. The molecule has 0 spiro atoms. The SMILES string of the molecule is Cc1c(N2CCCNCC2)n[nH]c1-c1ccccc1. The third-order valence-electron chi connectivity index (χ3n) is 3.69. The summed E-state index contributed by atoms with van der Waals surface area (Å²) in [6, 6.07) is 10.4. The number of hydrogen-bond donors (Lipinski definition) is 2. The Labute approximate surface area is 113 Å². The smallest absolute Gasteiger partial charge is 0.153 e. The van der Waals surface area contributed by atoms with Gasteiger partial charge in [-0.1, -0.05) is 30.3 Å². The lowest BCUT2D eigenvalue weighted by atomic mass is 10.1. The highest BCUT2D eigenvalue weighted by Crippen LogP contribution is 2.28. The summed E-state index contributed by atoms with van der Waals surface area (Å²) in [4.78, 5) is 2.37. The topological polar surface area (TPSA) is 44.0 Å². The lowest BCUT2D eigenvalue weighted by Gasteiger charge is -2.20. The molecule has 1 aliphatic heterocycles. The zero-order valence-corrected chi connectivity index (χ0v) is 11.3. The molecule has 0 atom stereocenters. The number of nitrogens with zero attached hydrogens (tertiary/aromatic N) is 2. The molecule has 1 aromatic heterocycles. The van der Waals surface area contributed by atoms with Crippen LogP contribution >= 0.6 is 0 Å². The van der Waals surface area contributed by atoms with Gasteiger partial charge in [-0.15, -0.1) is 0 Å². The Morgan fingerprint density at radius 2 is 1.95 bits per heavy atom. The number of anilines is 1. The van der Waals surface area contributed by atoms with E-state index in [2.05, 4.69) is 51.6 Å². The normalized spacial score (nSPS) is 16.4. The molecular formula is C15H20N4. The van der Waals surface area contributed by atoms with E-state index in [0.717, 1.165) is 37.7 Å². The van der Waals surface area contributed by atoms with Crippen molar-refractivity contribution in [3.8, 4) is 11.3 Å². The largest absolute Gasteiger partial charge is 0.354 e. The fourth-order valence-corrected chi connectivity index (χ4v) is 2.64. The Bertz CT molecular complexity index is 524. The minimum absolute atomic E-state index is 1.03. The Kier molecular flexibility index (Phi) is 3.51. The van der Waals surface area contributed by atoms with Crippen LogP contribution in [0.5, 0.6) is 0 Å². The summed E-state index contributed by atoms with van der Waals surface area (Å²) < 4.78 is 0. The number of rotatable bonds is 2. The van der Waals surface area contributed by atoms with Crippen LogP contribution in [-0.2, 0) is 0 Å². The van der Waals surface area contributed by atoms with Crippen LogP contribution in [0, 0.1) is 6.92 Å². The van der Waals surface area contributed by atoms with Crippen molar-refractivity contribution in [2.75, 3.05) is 31.1 Å². The first-order chi connectivity index (χ1) is 9.36. The van der Waals surface area contributed by atoms with Crippen LogP contribution in [0.3, 0.4) is 0 Å². The van der Waals surface area contributed by atoms with Crippen molar-refractivity contribution >= 4 is 5.82 Å². The van der Waals surface area contributed by atoms with E-state index in [9.17, 15) is 0 Å². The first-order valence-electron chi connectivity index (χ1n) is 6.92. The predicted octanol–water partition coefficient (Wildman–Crippen LogP) is 2.18. The van der Waals surface area contributed by atoms with E-state index in [4.69, 9.17) is 0 Å². The van der Waals surface area contributed by atoms with Gasteiger partial charge < -0.3 is 10.2 Å². The van der Waals surface area contributed by atoms with E-state index in [1.165, 1.54) is 17.5 Å². The van der Waals surface area contributed by atoms with Crippen molar-refractivity contribution < 1.29 is 0 Å². The minimum Gasteiger partial charge on any atom is -0.354 e. The number of benzene rings is 1. The fourth-order valence-electron chi connectivity index (χ4n) is 2.64. The summed E-state index contributed by atoms with van der Waals surface area (Å²) in [5.41, 5.74) is 3.58. The number of hydrogen-bond acceptors (Lipinski definition) is 3. The van der Waals surface area contributed by atoms with Crippen LogP contribution in [0.2, 0.25) is 0 Å². The highest BCUT2D eigenvalue weighted by molar-refractivity contribution is 5.68. The Morgan fingerprint density at radius 3 is 2.79 bits per heavy atom. The van der Waals surface area contributed by atoms with Crippen LogP contribution in [0.15, 0.2) is 30.3 Å². The van der Waals surface area contributed by atoms with Gasteiger partial charge in [0, 0.05) is 25.2 Å². The van der Waals surface area contributed by atoms with Crippen molar-refractivity contribution in [2.45, 2.75) is 13.3 Å². The summed E-state index contributed by atoms with van der Waals surface area (Å²) in [6.07, 6.45) is 1.17. The fraction of sp³-hybridized carbons (Fsp3) is 0.400. The summed E-state index contributed by atoms with van der Waals surface area (Å²) in [5, 5.41) is 11.2. The Balaban J connectivity index is 1.90. The van der Waals surface area contributed by atoms with Gasteiger partial charge in [0.15, 0.2) is 5.82 Å². The first kappa shape index (κ1) is 12.2. The van der Waals surface area contributed by atoms with Crippen LogP contribution in [0.25, 0.3) is 11.3 Å². The molecule has 0 bridgehead atoms. The summed E-state index contributed by atoms with van der Waals surface area (Å²) in [5.74, 6) is 1.10. The van der Waals surface area contributed by atoms with Gasteiger partial charge in [0.1, 0.15) is 0 Å². The van der Waals surface area contributed by atoms with Gasteiger partial charge in [0.2, 0.25) is 0 Å². The van der Waals surface area contributed by atoms with Gasteiger partial charge in [-0.05, 0) is 25.5 Å². The Hall–Kier alpha value is -1.81. The van der Waals surface area contributed by atoms with E-state index >= 15 is 0 Å². The summed E-state index contributed by atoms with van der Waals surface area (Å²) in [7, 11) is 0. The van der Waals surface area contributed by atoms with Gasteiger partial charge in [0.25, 0.3) is 0 Å². The van der Waals surface area contributed by atoms with Crippen molar-refractivity contribution in [3.05, 3.63) is 35.9 Å². The van der Waals surface area contributed by atoms with E-state index in [-0.39, 0.29) is 0 Å². The van der Waals surface area contributed by atoms with Gasteiger partial charge >= 0.3 is 0 Å². The standard InChI is InChI=1S/C15H20N4/c1-12-14(13-6-3-2-4-7-13)17-18-15(12)19-10-5-8-16-9-11-19/h2-4,6-7,16H,5,8-11H2,1H3,(H,17,18). The molecule has 4 heteroatoms. The zero-order valence-electron chi connectivity index (χ0n) is 11.3. The maximum absolute atomic E-state index is 4.53. The van der Waals surface area contributed by atoms with Crippen molar-refractivity contribution in [2.24, 2.45) is 0 Å². The Morgan fingerprint density at radius 1 is 1.11 bits per heavy atom. The summed E-state index contributed by atoms with van der Waals surface area (Å²) >= 11 is 0. The molecule has 19 heavy (non-hydrogen) atoms. The lowest BCUT2D eigenvalue weighted by molar-refractivity contribution is 0.724. The van der Waals surface area contributed by atoms with Crippen LogP contribution in [-0.4, -0.2) is 36.4 Å². The minimum atomic E-state index is 1.03. The number of nitrogens with one attached hydrogen (secondary N) is 2. The van der Waals surface area contributed by atoms with Gasteiger partial charge in [-0.2, -0.15) is 5.10 Å². The third-order valence-corrected chi connectivity index (χ3v) is 3.69. The van der Waals surface area contributed by atoms with Gasteiger partial charge in [-0.3, -0.25) is 5.10 Å². The molecule has 1 saturated heterocycles. The van der Waals surface area contributed by atoms with Crippen LogP contribution < -0.4 is 10.2 Å². The van der Waals surface area contributed by atoms with E-state index < -0.39 is 0 Å². The van der Waals surface area contributed by atoms with Crippen molar-refractivity contribution in [1.29, 1.82) is 0 Å². The molecule has 0 unspecified atom stereocenters. The van der Waals surface area contributed by atoms with Gasteiger partial charge in [0.05, 0.1) is 5.69 Å². The molecule has 0 saturated carbocycles. The van der Waals surface area contributed by atoms with Crippen molar-refractivity contribution in [3.63, 3.8) is 0 Å². The zero-order chi connectivity index (χ0) is 13.1. The molecule has 2 N–H and O–H groups in total. The molecule has 2 heterocycles. The van der Waals surface area contributed by atoms with E-state index in [1.807, 2.05) is 6.07 Å². The number of H-pyrrole nitrogens is 1. The molecule has 1 aromatic carbocycles. The van der Waals surface area contributed by atoms with Crippen LogP contribution in [0.4, 0.5) is 5.82 Å². The molecule has 0 amide bonds. The first-order valence-corrected chi connectivity index (χ1v) is 6.92. The average molecular weight is 256 g/mol. The predicted molar refractivity (Wildman–Crippen MR) is 78.5 cm³/mol. The average Bonchev–Trinajstić information content (AvgIpc) is 2.67. The highest BCUT2D eigenvalue weighted by Gasteiger charge is 2.17. The third kappa shape index (κ3) is 2.49. The molecule has 3 rings (SSSR count). The summed E-state index contributed by atoms with van der Waals surface area (Å²) in [6.45, 7) is 6.39. The van der Waals surface area contributed by atoms with E-state index in [0.29, 0.717) is 0 Å². The second kappa shape index (κ2) is 5.45. The molecular weight excluding hydrogens is 236 g/mol. The quantitative estimate of drug-likeness (QED) is 0.865. The molecule has 0 radical (unpaired) electrons. The van der Waals surface area contributed by atoms with Crippen molar-refractivity contribution in [1.82, 2.24) is 15.5 Å². The molecule has 1 aliphatic rings. The molecule has 4 nitrogen and oxygen atoms in total. The molecule has 0 aliphatic carbocycles. The molecule has 2 aromatic rings. The number of aromatic nitrogens is 2.